The molecular formula is C13H22ClN3. The van der Waals surface area contributed by atoms with Crippen LogP contribution in [0.25, 0.3) is 0 Å². The molecule has 2 rings (SSSR count). The van der Waals surface area contributed by atoms with E-state index in [1.165, 1.54) is 19.3 Å². The molecule has 0 radical (unpaired) electrons. The molecule has 0 unspecified atom stereocenters. The molecule has 0 aromatic carbocycles. The third-order valence-electron chi connectivity index (χ3n) is 3.91. The summed E-state index contributed by atoms with van der Waals surface area (Å²) in [5.74, 6) is 0. The zero-order chi connectivity index (χ0) is 12.5. The smallest absolute Gasteiger partial charge is 0.0863 e. The molecule has 3 nitrogen and oxygen atoms in total. The van der Waals surface area contributed by atoms with E-state index in [2.05, 4.69) is 24.3 Å². The summed E-state index contributed by atoms with van der Waals surface area (Å²) >= 11 is 6.30. The second-order valence-corrected chi connectivity index (χ2v) is 5.83. The summed E-state index contributed by atoms with van der Waals surface area (Å²) in [5.41, 5.74) is 2.62. The standard InChI is InChI=1S/C13H22ClN3/c1-4-10-12(14)11(17(3)16-10)8-15-9-13(2)6-5-7-13/h15H,4-9H2,1-3H3. The number of aromatic nitrogens is 2. The molecule has 1 aliphatic carbocycles. The Morgan fingerprint density at radius 1 is 1.47 bits per heavy atom. The van der Waals surface area contributed by atoms with Gasteiger partial charge < -0.3 is 5.32 Å². The van der Waals surface area contributed by atoms with Gasteiger partial charge in [-0.25, -0.2) is 0 Å². The van der Waals surface area contributed by atoms with E-state index in [4.69, 9.17) is 11.6 Å². The fourth-order valence-electron chi connectivity index (χ4n) is 2.45. The highest BCUT2D eigenvalue weighted by Gasteiger charge is 2.31. The maximum Gasteiger partial charge on any atom is 0.0863 e. The number of nitrogens with zero attached hydrogens (tertiary/aromatic N) is 2. The van der Waals surface area contributed by atoms with Crippen molar-refractivity contribution in [3.05, 3.63) is 16.4 Å². The molecule has 0 saturated heterocycles. The van der Waals surface area contributed by atoms with Crippen LogP contribution in [0.4, 0.5) is 0 Å². The molecule has 0 spiro atoms. The van der Waals surface area contributed by atoms with Gasteiger partial charge in [0.15, 0.2) is 0 Å². The molecule has 1 aromatic rings. The third-order valence-corrected chi connectivity index (χ3v) is 4.34. The molecule has 0 atom stereocenters. The van der Waals surface area contributed by atoms with Crippen molar-refractivity contribution in [3.8, 4) is 0 Å². The first kappa shape index (κ1) is 12.9. The average Bonchev–Trinajstić information content (AvgIpc) is 2.53. The van der Waals surface area contributed by atoms with E-state index in [0.29, 0.717) is 5.41 Å². The summed E-state index contributed by atoms with van der Waals surface area (Å²) < 4.78 is 1.90. The molecule has 0 bridgehead atoms. The predicted octanol–water partition coefficient (Wildman–Crippen LogP) is 2.92. The van der Waals surface area contributed by atoms with Gasteiger partial charge in [0.25, 0.3) is 0 Å². The van der Waals surface area contributed by atoms with Gasteiger partial charge in [-0.3, -0.25) is 4.68 Å². The molecule has 1 N–H and O–H groups in total. The fraction of sp³-hybridized carbons (Fsp3) is 0.769. The largest absolute Gasteiger partial charge is 0.311 e. The van der Waals surface area contributed by atoms with Gasteiger partial charge in [0.1, 0.15) is 0 Å². The Labute approximate surface area is 109 Å². The maximum atomic E-state index is 6.30. The van der Waals surface area contributed by atoms with Gasteiger partial charge in [0.2, 0.25) is 0 Å². The summed E-state index contributed by atoms with van der Waals surface area (Å²) in [6.45, 7) is 6.33. The molecule has 96 valence electrons. The Morgan fingerprint density at radius 2 is 2.18 bits per heavy atom. The van der Waals surface area contributed by atoms with Crippen molar-refractivity contribution < 1.29 is 0 Å². The van der Waals surface area contributed by atoms with Crippen LogP contribution in [0.1, 0.15) is 44.5 Å². The van der Waals surface area contributed by atoms with E-state index >= 15 is 0 Å². The Hall–Kier alpha value is -0.540. The molecule has 0 amide bonds. The molecule has 1 fully saturated rings. The van der Waals surface area contributed by atoms with Crippen molar-refractivity contribution in [1.82, 2.24) is 15.1 Å². The number of halogens is 1. The summed E-state index contributed by atoms with van der Waals surface area (Å²) in [6, 6.07) is 0. The Balaban J connectivity index is 1.92. The minimum Gasteiger partial charge on any atom is -0.311 e. The zero-order valence-electron chi connectivity index (χ0n) is 11.0. The second kappa shape index (κ2) is 4.99. The highest BCUT2D eigenvalue weighted by molar-refractivity contribution is 6.31. The summed E-state index contributed by atoms with van der Waals surface area (Å²) in [7, 11) is 1.97. The fourth-order valence-corrected chi connectivity index (χ4v) is 2.81. The molecule has 1 aromatic heterocycles. The van der Waals surface area contributed by atoms with Gasteiger partial charge in [0.05, 0.1) is 16.4 Å². The SMILES string of the molecule is CCc1nn(C)c(CNCC2(C)CCC2)c1Cl. The van der Waals surface area contributed by atoms with Gasteiger partial charge in [-0.2, -0.15) is 5.10 Å². The summed E-state index contributed by atoms with van der Waals surface area (Å²) in [6.07, 6.45) is 4.97. The topological polar surface area (TPSA) is 29.9 Å². The predicted molar refractivity (Wildman–Crippen MR) is 71.3 cm³/mol. The summed E-state index contributed by atoms with van der Waals surface area (Å²) in [4.78, 5) is 0. The van der Waals surface area contributed by atoms with Crippen LogP contribution in [0.2, 0.25) is 5.02 Å². The molecule has 1 saturated carbocycles. The highest BCUT2D eigenvalue weighted by atomic mass is 35.5. The van der Waals surface area contributed by atoms with Crippen LogP contribution in [0.15, 0.2) is 0 Å². The molecule has 1 aliphatic rings. The second-order valence-electron chi connectivity index (χ2n) is 5.45. The highest BCUT2D eigenvalue weighted by Crippen LogP contribution is 2.39. The van der Waals surface area contributed by atoms with Gasteiger partial charge in [-0.1, -0.05) is 31.9 Å². The van der Waals surface area contributed by atoms with Crippen molar-refractivity contribution in [1.29, 1.82) is 0 Å². The van der Waals surface area contributed by atoms with E-state index in [1.54, 1.807) is 0 Å². The van der Waals surface area contributed by atoms with Gasteiger partial charge >= 0.3 is 0 Å². The van der Waals surface area contributed by atoms with Crippen LogP contribution in [-0.4, -0.2) is 16.3 Å². The first-order valence-corrected chi connectivity index (χ1v) is 6.84. The zero-order valence-corrected chi connectivity index (χ0v) is 11.8. The quantitative estimate of drug-likeness (QED) is 0.877. The maximum absolute atomic E-state index is 6.30. The molecule has 0 aliphatic heterocycles. The van der Waals surface area contributed by atoms with Crippen LogP contribution in [0.3, 0.4) is 0 Å². The lowest BCUT2D eigenvalue weighted by atomic mass is 9.70. The van der Waals surface area contributed by atoms with Crippen LogP contribution >= 0.6 is 11.6 Å². The van der Waals surface area contributed by atoms with E-state index < -0.39 is 0 Å². The van der Waals surface area contributed by atoms with E-state index in [-0.39, 0.29) is 0 Å². The number of aryl methyl sites for hydroxylation is 2. The lowest BCUT2D eigenvalue weighted by Gasteiger charge is -2.38. The number of nitrogens with one attached hydrogen (secondary N) is 1. The number of hydrogen-bond acceptors (Lipinski definition) is 2. The summed E-state index contributed by atoms with van der Waals surface area (Å²) in [5, 5.41) is 8.78. The first-order chi connectivity index (χ1) is 8.06. The molecule has 4 heteroatoms. The molecule has 17 heavy (non-hydrogen) atoms. The van der Waals surface area contributed by atoms with Gasteiger partial charge in [0, 0.05) is 20.1 Å². The lowest BCUT2D eigenvalue weighted by molar-refractivity contribution is 0.156. The van der Waals surface area contributed by atoms with E-state index in [0.717, 1.165) is 35.9 Å². The van der Waals surface area contributed by atoms with Crippen molar-refractivity contribution in [2.75, 3.05) is 6.54 Å². The van der Waals surface area contributed by atoms with Gasteiger partial charge in [-0.05, 0) is 24.7 Å². The van der Waals surface area contributed by atoms with E-state index in [9.17, 15) is 0 Å². The van der Waals surface area contributed by atoms with Gasteiger partial charge in [-0.15, -0.1) is 0 Å². The Bertz CT molecular complexity index is 394. The Morgan fingerprint density at radius 3 is 2.65 bits per heavy atom. The van der Waals surface area contributed by atoms with E-state index in [1.807, 2.05) is 11.7 Å². The van der Waals surface area contributed by atoms with Crippen LogP contribution in [0, 0.1) is 5.41 Å². The first-order valence-electron chi connectivity index (χ1n) is 6.47. The van der Waals surface area contributed by atoms with Crippen LogP contribution < -0.4 is 5.32 Å². The lowest BCUT2D eigenvalue weighted by Crippen LogP contribution is -2.37. The minimum atomic E-state index is 0.513. The van der Waals surface area contributed by atoms with Crippen molar-refractivity contribution in [2.45, 2.75) is 46.1 Å². The Kier molecular flexibility index (Phi) is 3.79. The van der Waals surface area contributed by atoms with Crippen molar-refractivity contribution in [3.63, 3.8) is 0 Å². The monoisotopic (exact) mass is 255 g/mol. The number of rotatable bonds is 5. The van der Waals surface area contributed by atoms with Crippen molar-refractivity contribution >= 4 is 11.6 Å². The third kappa shape index (κ3) is 2.66. The minimum absolute atomic E-state index is 0.513. The molecular weight excluding hydrogens is 234 g/mol. The average molecular weight is 256 g/mol. The number of hydrogen-bond donors (Lipinski definition) is 1. The van der Waals surface area contributed by atoms with Crippen LogP contribution in [-0.2, 0) is 20.0 Å². The van der Waals surface area contributed by atoms with Crippen LogP contribution in [0.5, 0.6) is 0 Å². The normalized spacial score (nSPS) is 18.1. The molecule has 1 heterocycles. The van der Waals surface area contributed by atoms with Crippen molar-refractivity contribution in [2.24, 2.45) is 12.5 Å².